The summed E-state index contributed by atoms with van der Waals surface area (Å²) in [5.74, 6) is -1.62. The number of amides is 2. The van der Waals surface area contributed by atoms with Gasteiger partial charge in [0.05, 0.1) is 17.9 Å². The number of unbranched alkanes of at least 4 members (excludes halogenated alkanes) is 1. The third-order valence-electron chi connectivity index (χ3n) is 4.56. The highest BCUT2D eigenvalue weighted by Gasteiger charge is 2.21. The molecule has 0 aliphatic carbocycles. The van der Waals surface area contributed by atoms with Crippen molar-refractivity contribution in [1.82, 2.24) is 10.6 Å². The topological polar surface area (TPSA) is 120 Å². The van der Waals surface area contributed by atoms with Crippen LogP contribution in [0.3, 0.4) is 0 Å². The first-order chi connectivity index (χ1) is 14.1. The molecule has 1 heterocycles. The number of nitrogens with zero attached hydrogens (tertiary/aromatic N) is 1. The summed E-state index contributed by atoms with van der Waals surface area (Å²) in [5, 5.41) is 17.5. The molecule has 1 aromatic rings. The van der Waals surface area contributed by atoms with Crippen molar-refractivity contribution in [2.24, 2.45) is 5.92 Å². The fourth-order valence-corrected chi connectivity index (χ4v) is 2.84. The number of nitriles is 1. The maximum Gasteiger partial charge on any atom is 0.340 e. The Morgan fingerprint density at radius 1 is 1.28 bits per heavy atom. The fraction of sp³-hybridized carbons (Fsp3) is 0.429. The molecule has 2 amide bonds. The summed E-state index contributed by atoms with van der Waals surface area (Å²) in [6.45, 7) is 3.81. The average molecular weight is 398 g/mol. The van der Waals surface area contributed by atoms with Crippen molar-refractivity contribution in [3.63, 3.8) is 0 Å². The number of para-hydroxylation sites is 1. The van der Waals surface area contributed by atoms with Crippen molar-refractivity contribution in [3.05, 3.63) is 41.6 Å². The van der Waals surface area contributed by atoms with Gasteiger partial charge in [-0.2, -0.15) is 5.26 Å². The van der Waals surface area contributed by atoms with Gasteiger partial charge in [-0.1, -0.05) is 25.5 Å². The molecule has 1 fully saturated rings. The third-order valence-corrected chi connectivity index (χ3v) is 4.56. The van der Waals surface area contributed by atoms with E-state index < -0.39 is 11.9 Å². The predicted octanol–water partition coefficient (Wildman–Crippen LogP) is 2.11. The molecule has 8 nitrogen and oxygen atoms in total. The first-order valence-corrected chi connectivity index (χ1v) is 9.75. The Morgan fingerprint density at radius 2 is 2.00 bits per heavy atom. The minimum Gasteiger partial charge on any atom is -0.462 e. The number of nitrogens with one attached hydrogen (secondary N) is 3. The van der Waals surface area contributed by atoms with Crippen LogP contribution in [-0.2, 0) is 14.3 Å². The van der Waals surface area contributed by atoms with Crippen LogP contribution in [0.2, 0.25) is 0 Å². The lowest BCUT2D eigenvalue weighted by Crippen LogP contribution is -2.36. The average Bonchev–Trinajstić information content (AvgIpc) is 2.75. The second kappa shape index (κ2) is 11.6. The van der Waals surface area contributed by atoms with E-state index in [1.54, 1.807) is 30.3 Å². The molecule has 1 aliphatic rings. The van der Waals surface area contributed by atoms with Gasteiger partial charge in [0.25, 0.3) is 5.91 Å². The minimum atomic E-state index is -0.716. The lowest BCUT2D eigenvalue weighted by Gasteiger charge is -2.20. The summed E-state index contributed by atoms with van der Waals surface area (Å²) in [6, 6.07) is 8.19. The summed E-state index contributed by atoms with van der Waals surface area (Å²) >= 11 is 0. The minimum absolute atomic E-state index is 0.144. The Bertz CT molecular complexity index is 807. The van der Waals surface area contributed by atoms with Crippen LogP contribution in [0.1, 0.15) is 43.0 Å². The lowest BCUT2D eigenvalue weighted by molar-refractivity contribution is -0.124. The van der Waals surface area contributed by atoms with Crippen molar-refractivity contribution in [2.75, 3.05) is 25.0 Å². The van der Waals surface area contributed by atoms with E-state index >= 15 is 0 Å². The SMILES string of the molecule is CCCCOC(=O)c1ccccc1NC(=O)/C(C#N)=C\NC(=O)C1CCNCC1. The predicted molar refractivity (Wildman–Crippen MR) is 108 cm³/mol. The van der Waals surface area contributed by atoms with Crippen LogP contribution in [0.25, 0.3) is 0 Å². The highest BCUT2D eigenvalue weighted by molar-refractivity contribution is 6.09. The maximum atomic E-state index is 12.5. The second-order valence-corrected chi connectivity index (χ2v) is 6.69. The highest BCUT2D eigenvalue weighted by atomic mass is 16.5. The van der Waals surface area contributed by atoms with Gasteiger partial charge in [-0.15, -0.1) is 0 Å². The molecule has 0 atom stereocenters. The van der Waals surface area contributed by atoms with E-state index in [-0.39, 0.29) is 28.6 Å². The molecule has 29 heavy (non-hydrogen) atoms. The number of hydrogen-bond donors (Lipinski definition) is 3. The lowest BCUT2D eigenvalue weighted by atomic mass is 9.97. The molecule has 0 radical (unpaired) electrons. The first-order valence-electron chi connectivity index (χ1n) is 9.75. The van der Waals surface area contributed by atoms with Crippen LogP contribution in [0.5, 0.6) is 0 Å². The van der Waals surface area contributed by atoms with Crippen LogP contribution < -0.4 is 16.0 Å². The fourth-order valence-electron chi connectivity index (χ4n) is 2.84. The summed E-state index contributed by atoms with van der Waals surface area (Å²) in [7, 11) is 0. The van der Waals surface area contributed by atoms with E-state index in [9.17, 15) is 19.6 Å². The summed E-state index contributed by atoms with van der Waals surface area (Å²) in [5.41, 5.74) is 0.180. The first kappa shape index (κ1) is 22.1. The molecular formula is C21H26N4O4. The second-order valence-electron chi connectivity index (χ2n) is 6.69. The molecule has 3 N–H and O–H groups in total. The van der Waals surface area contributed by atoms with Crippen molar-refractivity contribution >= 4 is 23.5 Å². The van der Waals surface area contributed by atoms with Crippen molar-refractivity contribution in [2.45, 2.75) is 32.6 Å². The molecular weight excluding hydrogens is 372 g/mol. The zero-order valence-corrected chi connectivity index (χ0v) is 16.5. The Labute approximate surface area is 170 Å². The van der Waals surface area contributed by atoms with E-state index in [1.165, 1.54) is 0 Å². The molecule has 8 heteroatoms. The monoisotopic (exact) mass is 398 g/mol. The van der Waals surface area contributed by atoms with E-state index in [0.29, 0.717) is 19.4 Å². The van der Waals surface area contributed by atoms with Crippen molar-refractivity contribution in [1.29, 1.82) is 5.26 Å². The quantitative estimate of drug-likeness (QED) is 0.267. The number of anilines is 1. The van der Waals surface area contributed by atoms with Gasteiger partial charge >= 0.3 is 5.97 Å². The zero-order chi connectivity index (χ0) is 21.1. The molecule has 2 rings (SSSR count). The van der Waals surface area contributed by atoms with Gasteiger partial charge in [-0.25, -0.2) is 4.79 Å². The Kier molecular flexibility index (Phi) is 8.86. The zero-order valence-electron chi connectivity index (χ0n) is 16.5. The largest absolute Gasteiger partial charge is 0.462 e. The Morgan fingerprint density at radius 3 is 2.69 bits per heavy atom. The van der Waals surface area contributed by atoms with Gasteiger partial charge in [0.1, 0.15) is 11.6 Å². The van der Waals surface area contributed by atoms with Crippen LogP contribution in [0.15, 0.2) is 36.0 Å². The van der Waals surface area contributed by atoms with Crippen LogP contribution in [-0.4, -0.2) is 37.5 Å². The summed E-state index contributed by atoms with van der Waals surface area (Å²) in [6.07, 6.45) is 4.17. The van der Waals surface area contributed by atoms with Crippen LogP contribution in [0, 0.1) is 17.2 Å². The number of benzene rings is 1. The summed E-state index contributed by atoms with van der Waals surface area (Å²) < 4.78 is 5.19. The highest BCUT2D eigenvalue weighted by Crippen LogP contribution is 2.17. The van der Waals surface area contributed by atoms with E-state index in [4.69, 9.17) is 4.74 Å². The normalized spacial score (nSPS) is 14.6. The molecule has 0 unspecified atom stereocenters. The molecule has 1 saturated heterocycles. The number of carbonyl (C=O) groups excluding carboxylic acids is 3. The van der Waals surface area contributed by atoms with E-state index in [2.05, 4.69) is 16.0 Å². The number of hydrogen-bond acceptors (Lipinski definition) is 6. The van der Waals surface area contributed by atoms with Gasteiger partial charge in [0.2, 0.25) is 5.91 Å². The van der Waals surface area contributed by atoms with Crippen LogP contribution >= 0.6 is 0 Å². The van der Waals surface area contributed by atoms with Crippen molar-refractivity contribution in [3.8, 4) is 6.07 Å². The molecule has 0 bridgehead atoms. The number of esters is 1. The van der Waals surface area contributed by atoms with Crippen LogP contribution in [0.4, 0.5) is 5.69 Å². The van der Waals surface area contributed by atoms with Gasteiger partial charge in [0.15, 0.2) is 0 Å². The number of carbonyl (C=O) groups is 3. The van der Waals surface area contributed by atoms with E-state index in [1.807, 2.05) is 6.92 Å². The number of piperidine rings is 1. The maximum absolute atomic E-state index is 12.5. The Balaban J connectivity index is 2.03. The standard InChI is InChI=1S/C21H26N4O4/c1-2-3-12-29-21(28)17-6-4-5-7-18(17)25-20(27)16(13-22)14-24-19(26)15-8-10-23-11-9-15/h4-7,14-15,23H,2-3,8-12H2,1H3,(H,24,26)(H,25,27)/b16-14-. The smallest absolute Gasteiger partial charge is 0.340 e. The van der Waals surface area contributed by atoms with Gasteiger partial charge in [-0.05, 0) is 44.5 Å². The third kappa shape index (κ3) is 6.73. The number of ether oxygens (including phenoxy) is 1. The van der Waals surface area contributed by atoms with E-state index in [0.717, 1.165) is 32.1 Å². The molecule has 1 aromatic carbocycles. The molecule has 1 aliphatic heterocycles. The Hall–Kier alpha value is -3.18. The molecule has 0 aromatic heterocycles. The van der Waals surface area contributed by atoms with Gasteiger partial charge in [-0.3, -0.25) is 9.59 Å². The molecule has 0 saturated carbocycles. The van der Waals surface area contributed by atoms with Gasteiger partial charge < -0.3 is 20.7 Å². The molecule has 0 spiro atoms. The molecule has 154 valence electrons. The van der Waals surface area contributed by atoms with Gasteiger partial charge in [0, 0.05) is 12.1 Å². The number of rotatable bonds is 8. The van der Waals surface area contributed by atoms with Crippen molar-refractivity contribution < 1.29 is 19.1 Å². The summed E-state index contributed by atoms with van der Waals surface area (Å²) in [4.78, 5) is 36.9.